The minimum Gasteiger partial charge on any atom is -0.370 e. The molecule has 1 atom stereocenters. The molecular formula is C33H39N5O2S. The van der Waals surface area contributed by atoms with Gasteiger partial charge in [0.25, 0.3) is 5.91 Å². The van der Waals surface area contributed by atoms with E-state index in [0.29, 0.717) is 37.0 Å². The fraction of sp³-hybridized carbons (Fsp3) is 0.394. The third kappa shape index (κ3) is 6.25. The third-order valence-electron chi connectivity index (χ3n) is 8.59. The van der Waals surface area contributed by atoms with Gasteiger partial charge in [-0.2, -0.15) is 5.26 Å². The number of carbonyl (C=O) groups excluding carboxylic acids is 1. The van der Waals surface area contributed by atoms with Crippen molar-refractivity contribution in [3.8, 4) is 6.07 Å². The first-order valence-corrected chi connectivity index (χ1v) is 16.3. The summed E-state index contributed by atoms with van der Waals surface area (Å²) in [6.45, 7) is 8.48. The van der Waals surface area contributed by atoms with Gasteiger partial charge in [-0.05, 0) is 86.1 Å². The second kappa shape index (κ2) is 12.0. The van der Waals surface area contributed by atoms with Crippen molar-refractivity contribution in [3.63, 3.8) is 0 Å². The molecular weight excluding hydrogens is 530 g/mol. The molecule has 0 saturated carbocycles. The van der Waals surface area contributed by atoms with Crippen molar-refractivity contribution in [2.24, 2.45) is 5.92 Å². The van der Waals surface area contributed by atoms with Gasteiger partial charge in [-0.25, -0.2) is 8.99 Å². The van der Waals surface area contributed by atoms with Crippen LogP contribution in [0.4, 0.5) is 11.4 Å². The summed E-state index contributed by atoms with van der Waals surface area (Å²) in [7, 11) is -2.84. The molecule has 41 heavy (non-hydrogen) atoms. The minimum absolute atomic E-state index is 0.0689. The van der Waals surface area contributed by atoms with E-state index in [-0.39, 0.29) is 5.91 Å². The summed E-state index contributed by atoms with van der Waals surface area (Å²) in [6, 6.07) is 21.9. The standard InChI is InChI=1S/C33H39N5O2S/c1-24-20-25(2)29(22-28(24)21-26-12-14-36(15-13-26)30-9-5-4-8-27(30)23-34)33(39)38-18-16-37(17-19-38)31-10-6-7-11-32(31)41(3,35)40/h4-11,20,22,26,35H,12-19,21H2,1-3H3. The summed E-state index contributed by atoms with van der Waals surface area (Å²) in [5, 5.41) is 9.49. The van der Waals surface area contributed by atoms with E-state index in [0.717, 1.165) is 60.4 Å². The molecule has 8 heteroatoms. The zero-order valence-corrected chi connectivity index (χ0v) is 25.0. The van der Waals surface area contributed by atoms with E-state index in [4.69, 9.17) is 4.78 Å². The maximum absolute atomic E-state index is 13.7. The molecule has 2 aliphatic heterocycles. The zero-order chi connectivity index (χ0) is 29.1. The number of hydrogen-bond acceptors (Lipinski definition) is 6. The van der Waals surface area contributed by atoms with Gasteiger partial charge in [0.1, 0.15) is 6.07 Å². The van der Waals surface area contributed by atoms with E-state index in [1.165, 1.54) is 17.4 Å². The van der Waals surface area contributed by atoms with Crippen LogP contribution in [0.5, 0.6) is 0 Å². The summed E-state index contributed by atoms with van der Waals surface area (Å²) in [4.78, 5) is 20.7. The normalized spacial score (nSPS) is 17.7. The van der Waals surface area contributed by atoms with Gasteiger partial charge in [0, 0.05) is 51.1 Å². The summed E-state index contributed by atoms with van der Waals surface area (Å²) < 4.78 is 20.6. The molecule has 1 amide bonds. The number of carbonyl (C=O) groups is 1. The molecule has 2 fully saturated rings. The Labute approximate surface area is 244 Å². The molecule has 2 aliphatic rings. The SMILES string of the molecule is Cc1cc(C)c(C(=O)N2CCN(c3ccccc3S(C)(=N)=O)CC2)cc1CC1CCN(c2ccccc2C#N)CC1. The van der Waals surface area contributed by atoms with Gasteiger partial charge in [0.05, 0.1) is 31.6 Å². The van der Waals surface area contributed by atoms with Crippen LogP contribution >= 0.6 is 0 Å². The second-order valence-electron chi connectivity index (χ2n) is 11.4. The summed E-state index contributed by atoms with van der Waals surface area (Å²) in [6.07, 6.45) is 4.53. The number of nitrogens with zero attached hydrogens (tertiary/aromatic N) is 4. The number of piperidine rings is 1. The van der Waals surface area contributed by atoms with Crippen LogP contribution in [-0.2, 0) is 16.1 Å². The Kier molecular flexibility index (Phi) is 8.37. The summed E-state index contributed by atoms with van der Waals surface area (Å²) in [5.41, 5.74) is 6.86. The number of nitriles is 1. The number of benzene rings is 3. The van der Waals surface area contributed by atoms with Gasteiger partial charge >= 0.3 is 0 Å². The number of piperazine rings is 1. The van der Waals surface area contributed by atoms with Gasteiger partial charge in [-0.15, -0.1) is 0 Å². The maximum Gasteiger partial charge on any atom is 0.254 e. The molecule has 5 rings (SSSR count). The van der Waals surface area contributed by atoms with Crippen LogP contribution in [0.15, 0.2) is 65.6 Å². The average molecular weight is 570 g/mol. The molecule has 3 aromatic carbocycles. The highest BCUT2D eigenvalue weighted by Crippen LogP contribution is 2.30. The Morgan fingerprint density at radius 2 is 1.51 bits per heavy atom. The highest BCUT2D eigenvalue weighted by molar-refractivity contribution is 7.91. The van der Waals surface area contributed by atoms with Crippen LogP contribution in [0, 0.1) is 35.9 Å². The predicted molar refractivity (Wildman–Crippen MR) is 165 cm³/mol. The van der Waals surface area contributed by atoms with Crippen molar-refractivity contribution in [2.75, 3.05) is 55.3 Å². The van der Waals surface area contributed by atoms with Crippen LogP contribution < -0.4 is 9.80 Å². The highest BCUT2D eigenvalue weighted by Gasteiger charge is 2.27. The van der Waals surface area contributed by atoms with E-state index in [1.807, 2.05) is 54.3 Å². The smallest absolute Gasteiger partial charge is 0.254 e. The molecule has 7 nitrogen and oxygen atoms in total. The summed E-state index contributed by atoms with van der Waals surface area (Å²) in [5.74, 6) is 0.610. The third-order valence-corrected chi connectivity index (χ3v) is 9.78. The molecule has 214 valence electrons. The highest BCUT2D eigenvalue weighted by atomic mass is 32.2. The van der Waals surface area contributed by atoms with Gasteiger partial charge in [0.15, 0.2) is 0 Å². The summed E-state index contributed by atoms with van der Waals surface area (Å²) >= 11 is 0. The average Bonchev–Trinajstić information content (AvgIpc) is 2.98. The fourth-order valence-corrected chi connectivity index (χ4v) is 7.18. The van der Waals surface area contributed by atoms with Gasteiger partial charge in [0.2, 0.25) is 0 Å². The van der Waals surface area contributed by atoms with E-state index in [1.54, 1.807) is 6.07 Å². The van der Waals surface area contributed by atoms with Crippen LogP contribution in [0.25, 0.3) is 0 Å². The first-order valence-electron chi connectivity index (χ1n) is 14.4. The number of hydrogen-bond donors (Lipinski definition) is 1. The molecule has 3 aromatic rings. The Hall–Kier alpha value is -3.83. The lowest BCUT2D eigenvalue weighted by Crippen LogP contribution is -2.49. The number of anilines is 2. The van der Waals surface area contributed by atoms with Crippen LogP contribution in [0.3, 0.4) is 0 Å². The largest absolute Gasteiger partial charge is 0.370 e. The topological polar surface area (TPSA) is 91.5 Å². The van der Waals surface area contributed by atoms with Gasteiger partial charge in [-0.3, -0.25) is 4.79 Å². The Morgan fingerprint density at radius 3 is 2.17 bits per heavy atom. The zero-order valence-electron chi connectivity index (χ0n) is 24.2. The monoisotopic (exact) mass is 569 g/mol. The molecule has 1 N–H and O–H groups in total. The van der Waals surface area contributed by atoms with Crippen molar-refractivity contribution < 1.29 is 9.00 Å². The van der Waals surface area contributed by atoms with Crippen molar-refractivity contribution in [3.05, 3.63) is 88.5 Å². The number of nitrogens with one attached hydrogen (secondary N) is 1. The molecule has 1 unspecified atom stereocenters. The molecule has 0 aromatic heterocycles. The van der Waals surface area contributed by atoms with Gasteiger partial charge in [-0.1, -0.05) is 30.3 Å². The van der Waals surface area contributed by atoms with E-state index >= 15 is 0 Å². The second-order valence-corrected chi connectivity index (χ2v) is 13.6. The molecule has 0 bridgehead atoms. The first kappa shape index (κ1) is 28.7. The number of aryl methyl sites for hydroxylation is 2. The van der Waals surface area contributed by atoms with E-state index < -0.39 is 9.73 Å². The Balaban J connectivity index is 1.24. The first-order chi connectivity index (χ1) is 19.7. The van der Waals surface area contributed by atoms with Crippen molar-refractivity contribution in [1.29, 1.82) is 10.0 Å². The van der Waals surface area contributed by atoms with Crippen molar-refractivity contribution in [1.82, 2.24) is 4.90 Å². The number of rotatable bonds is 6. The lowest BCUT2D eigenvalue weighted by atomic mass is 9.86. The Morgan fingerprint density at radius 1 is 0.902 bits per heavy atom. The van der Waals surface area contributed by atoms with E-state index in [9.17, 15) is 14.3 Å². The van der Waals surface area contributed by atoms with E-state index in [2.05, 4.69) is 34.9 Å². The lowest BCUT2D eigenvalue weighted by molar-refractivity contribution is 0.0745. The van der Waals surface area contributed by atoms with Crippen molar-refractivity contribution in [2.45, 2.75) is 38.0 Å². The number of amides is 1. The van der Waals surface area contributed by atoms with Crippen LogP contribution in [-0.4, -0.2) is 60.5 Å². The van der Waals surface area contributed by atoms with Crippen LogP contribution in [0.2, 0.25) is 0 Å². The van der Waals surface area contributed by atoms with Gasteiger partial charge < -0.3 is 14.7 Å². The number of para-hydroxylation sites is 2. The molecule has 2 heterocycles. The maximum atomic E-state index is 13.7. The van der Waals surface area contributed by atoms with Crippen molar-refractivity contribution >= 4 is 27.0 Å². The molecule has 0 spiro atoms. The molecule has 2 saturated heterocycles. The fourth-order valence-electron chi connectivity index (χ4n) is 6.25. The molecule has 0 aliphatic carbocycles. The predicted octanol–water partition coefficient (Wildman–Crippen LogP) is 5.63. The molecule has 0 radical (unpaired) electrons. The quantitative estimate of drug-likeness (QED) is 0.415. The Bertz CT molecular complexity index is 1580. The lowest BCUT2D eigenvalue weighted by Gasteiger charge is -2.37. The van der Waals surface area contributed by atoms with Crippen LogP contribution in [0.1, 0.15) is 45.5 Å². The minimum atomic E-state index is -2.84.